The molecule has 7 heteroatoms. The van der Waals surface area contributed by atoms with Crippen LogP contribution in [0.4, 0.5) is 0 Å². The van der Waals surface area contributed by atoms with Gasteiger partial charge in [-0.2, -0.15) is 4.98 Å². The minimum Gasteiger partial charge on any atom is -0.497 e. The Hall–Kier alpha value is -2.67. The van der Waals surface area contributed by atoms with Gasteiger partial charge in [-0.05, 0) is 34.1 Å². The lowest BCUT2D eigenvalue weighted by Gasteiger charge is -2.07. The van der Waals surface area contributed by atoms with E-state index in [1.54, 1.807) is 25.3 Å². The summed E-state index contributed by atoms with van der Waals surface area (Å²) in [5.74, 6) is 1.16. The van der Waals surface area contributed by atoms with E-state index < -0.39 is 0 Å². The van der Waals surface area contributed by atoms with Crippen molar-refractivity contribution in [2.45, 2.75) is 6.54 Å². The molecule has 1 amide bonds. The first-order valence-electron chi connectivity index (χ1n) is 7.17. The minimum absolute atomic E-state index is 0.141. The second-order valence-corrected chi connectivity index (χ2v) is 5.76. The van der Waals surface area contributed by atoms with Crippen molar-refractivity contribution in [3.8, 4) is 17.1 Å². The number of benzene rings is 2. The Morgan fingerprint density at radius 2 is 2.04 bits per heavy atom. The highest BCUT2D eigenvalue weighted by molar-refractivity contribution is 9.10. The molecule has 122 valence electrons. The molecule has 0 bridgehead atoms. The fourth-order valence-corrected chi connectivity index (χ4v) is 2.51. The smallest absolute Gasteiger partial charge is 0.252 e. The fourth-order valence-electron chi connectivity index (χ4n) is 2.09. The van der Waals surface area contributed by atoms with Crippen LogP contribution in [0.1, 0.15) is 16.2 Å². The molecule has 1 heterocycles. The summed E-state index contributed by atoms with van der Waals surface area (Å²) in [6, 6.07) is 14.7. The highest BCUT2D eigenvalue weighted by Crippen LogP contribution is 2.22. The van der Waals surface area contributed by atoms with Gasteiger partial charge in [-0.15, -0.1) is 0 Å². The normalized spacial score (nSPS) is 10.4. The van der Waals surface area contributed by atoms with Gasteiger partial charge in [0.15, 0.2) is 0 Å². The lowest BCUT2D eigenvalue weighted by molar-refractivity contribution is 0.0945. The van der Waals surface area contributed by atoms with Gasteiger partial charge < -0.3 is 14.6 Å². The number of nitrogens with one attached hydrogen (secondary N) is 1. The van der Waals surface area contributed by atoms with E-state index in [-0.39, 0.29) is 12.5 Å². The molecule has 0 aliphatic carbocycles. The predicted octanol–water partition coefficient (Wildman–Crippen LogP) is 3.44. The van der Waals surface area contributed by atoms with E-state index in [2.05, 4.69) is 31.4 Å². The number of ether oxygens (including phenoxy) is 1. The Balaban J connectivity index is 1.68. The van der Waals surface area contributed by atoms with Crippen molar-refractivity contribution in [2.75, 3.05) is 7.11 Å². The molecule has 0 unspecified atom stereocenters. The quantitative estimate of drug-likeness (QED) is 0.725. The third-order valence-corrected chi connectivity index (χ3v) is 4.01. The van der Waals surface area contributed by atoms with Gasteiger partial charge in [-0.1, -0.05) is 35.5 Å². The molecule has 1 aromatic heterocycles. The first kappa shape index (κ1) is 16.2. The topological polar surface area (TPSA) is 77.2 Å². The first-order valence-corrected chi connectivity index (χ1v) is 7.96. The van der Waals surface area contributed by atoms with Crippen molar-refractivity contribution in [1.82, 2.24) is 15.5 Å². The van der Waals surface area contributed by atoms with E-state index in [0.717, 1.165) is 5.56 Å². The van der Waals surface area contributed by atoms with Crippen LogP contribution < -0.4 is 10.1 Å². The van der Waals surface area contributed by atoms with Gasteiger partial charge in [0.1, 0.15) is 5.75 Å². The summed E-state index contributed by atoms with van der Waals surface area (Å²) in [6.07, 6.45) is 0. The van der Waals surface area contributed by atoms with E-state index >= 15 is 0 Å². The highest BCUT2D eigenvalue weighted by atomic mass is 79.9. The van der Waals surface area contributed by atoms with Gasteiger partial charge in [0.05, 0.1) is 19.2 Å². The Morgan fingerprint density at radius 1 is 1.25 bits per heavy atom. The summed E-state index contributed by atoms with van der Waals surface area (Å²) in [5, 5.41) is 6.67. The molecule has 0 atom stereocenters. The predicted molar refractivity (Wildman–Crippen MR) is 91.6 cm³/mol. The van der Waals surface area contributed by atoms with Crippen molar-refractivity contribution in [3.05, 3.63) is 64.5 Å². The lowest BCUT2D eigenvalue weighted by atomic mass is 10.2. The van der Waals surface area contributed by atoms with E-state index in [9.17, 15) is 4.79 Å². The average Bonchev–Trinajstić information content (AvgIpc) is 3.10. The monoisotopic (exact) mass is 387 g/mol. The zero-order valence-electron chi connectivity index (χ0n) is 12.8. The van der Waals surface area contributed by atoms with Gasteiger partial charge in [0.25, 0.3) is 5.91 Å². The maximum atomic E-state index is 12.3. The Morgan fingerprint density at radius 3 is 2.79 bits per heavy atom. The maximum Gasteiger partial charge on any atom is 0.252 e. The summed E-state index contributed by atoms with van der Waals surface area (Å²) in [6.45, 7) is 0.141. The van der Waals surface area contributed by atoms with Gasteiger partial charge in [0, 0.05) is 10.0 Å². The molecule has 0 saturated carbocycles. The molecule has 0 aliphatic heterocycles. The zero-order valence-corrected chi connectivity index (χ0v) is 14.4. The van der Waals surface area contributed by atoms with Crippen LogP contribution in [0.3, 0.4) is 0 Å². The molecule has 2 aromatic carbocycles. The van der Waals surface area contributed by atoms with E-state index in [0.29, 0.717) is 27.5 Å². The first-order chi connectivity index (χ1) is 11.7. The third kappa shape index (κ3) is 3.62. The molecular formula is C17H14BrN3O3. The van der Waals surface area contributed by atoms with E-state index in [4.69, 9.17) is 9.26 Å². The number of halogens is 1. The van der Waals surface area contributed by atoms with Crippen LogP contribution in [-0.4, -0.2) is 23.2 Å². The van der Waals surface area contributed by atoms with Crippen molar-refractivity contribution < 1.29 is 14.1 Å². The van der Waals surface area contributed by atoms with Crippen LogP contribution in [0.15, 0.2) is 57.5 Å². The molecule has 3 rings (SSSR count). The maximum absolute atomic E-state index is 12.3. The number of hydrogen-bond donors (Lipinski definition) is 1. The highest BCUT2D eigenvalue weighted by Gasteiger charge is 2.13. The van der Waals surface area contributed by atoms with Gasteiger partial charge in [-0.25, -0.2) is 0 Å². The largest absolute Gasteiger partial charge is 0.497 e. The number of methoxy groups -OCH3 is 1. The van der Waals surface area contributed by atoms with Crippen LogP contribution >= 0.6 is 15.9 Å². The second kappa shape index (κ2) is 7.27. The molecule has 1 N–H and O–H groups in total. The van der Waals surface area contributed by atoms with Gasteiger partial charge in [0.2, 0.25) is 11.7 Å². The number of carbonyl (C=O) groups is 1. The minimum atomic E-state index is -0.264. The summed E-state index contributed by atoms with van der Waals surface area (Å²) < 4.78 is 11.0. The summed E-state index contributed by atoms with van der Waals surface area (Å²) in [7, 11) is 1.55. The summed E-state index contributed by atoms with van der Waals surface area (Å²) in [5.41, 5.74) is 1.33. The number of rotatable bonds is 5. The number of carbonyl (C=O) groups excluding carboxylic acids is 1. The molecule has 0 aliphatic rings. The van der Waals surface area contributed by atoms with Crippen LogP contribution in [-0.2, 0) is 6.54 Å². The fraction of sp³-hybridized carbons (Fsp3) is 0.118. The summed E-state index contributed by atoms with van der Waals surface area (Å²) in [4.78, 5) is 16.6. The molecule has 3 aromatic rings. The molecular weight excluding hydrogens is 374 g/mol. The molecule has 0 spiro atoms. The molecule has 6 nitrogen and oxygen atoms in total. The van der Waals surface area contributed by atoms with Crippen LogP contribution in [0.2, 0.25) is 0 Å². The molecule has 0 saturated heterocycles. The third-order valence-electron chi connectivity index (χ3n) is 3.32. The van der Waals surface area contributed by atoms with Crippen LogP contribution in [0.5, 0.6) is 5.75 Å². The summed E-state index contributed by atoms with van der Waals surface area (Å²) >= 11 is 3.35. The van der Waals surface area contributed by atoms with Crippen molar-refractivity contribution >= 4 is 21.8 Å². The number of aromatic nitrogens is 2. The van der Waals surface area contributed by atoms with Crippen molar-refractivity contribution in [2.24, 2.45) is 0 Å². The van der Waals surface area contributed by atoms with E-state index in [1.165, 1.54) is 0 Å². The SMILES string of the molecule is COc1ccc(Br)c(C(=O)NCc2nc(-c3ccccc3)no2)c1. The average molecular weight is 388 g/mol. The second-order valence-electron chi connectivity index (χ2n) is 4.91. The molecule has 24 heavy (non-hydrogen) atoms. The van der Waals surface area contributed by atoms with Crippen molar-refractivity contribution in [3.63, 3.8) is 0 Å². The number of hydrogen-bond acceptors (Lipinski definition) is 5. The molecule has 0 fully saturated rings. The lowest BCUT2D eigenvalue weighted by Crippen LogP contribution is -2.23. The number of nitrogens with zero attached hydrogens (tertiary/aromatic N) is 2. The van der Waals surface area contributed by atoms with Crippen molar-refractivity contribution in [1.29, 1.82) is 0 Å². The number of amides is 1. The Bertz CT molecular complexity index is 849. The van der Waals surface area contributed by atoms with Crippen LogP contribution in [0, 0.1) is 0 Å². The molecule has 0 radical (unpaired) electrons. The Kier molecular flexibility index (Phi) is 4.90. The zero-order chi connectivity index (χ0) is 16.9. The van der Waals surface area contributed by atoms with Gasteiger partial charge >= 0.3 is 0 Å². The Labute approximate surface area is 147 Å². The van der Waals surface area contributed by atoms with Crippen LogP contribution in [0.25, 0.3) is 11.4 Å². The van der Waals surface area contributed by atoms with E-state index in [1.807, 2.05) is 30.3 Å². The standard InChI is InChI=1S/C17H14BrN3O3/c1-23-12-7-8-14(18)13(9-12)17(22)19-10-15-20-16(21-24-15)11-5-3-2-4-6-11/h2-9H,10H2,1H3,(H,19,22). The van der Waals surface area contributed by atoms with Gasteiger partial charge in [-0.3, -0.25) is 4.79 Å².